The molecular weight excluding hydrogens is 401 g/mol. The highest BCUT2D eigenvalue weighted by Gasteiger charge is 2.32. The number of piperidine rings is 1. The van der Waals surface area contributed by atoms with Crippen molar-refractivity contribution in [3.05, 3.63) is 71.4 Å². The topological polar surface area (TPSA) is 25.2 Å². The second-order valence-electron chi connectivity index (χ2n) is 8.66. The molecule has 1 aliphatic rings. The molecule has 0 aliphatic carbocycles. The first-order chi connectivity index (χ1) is 14.7. The SMILES string of the molecule is CC1CCN(C(=O)C[C@H](c2cccc(C(F)(F)F)c2)c2cn(C)c3ccccc23)CC1. The van der Waals surface area contributed by atoms with E-state index in [1.54, 1.807) is 6.07 Å². The summed E-state index contributed by atoms with van der Waals surface area (Å²) in [5, 5.41) is 0.965. The number of likely N-dealkylation sites (tertiary alicyclic amines) is 1. The smallest absolute Gasteiger partial charge is 0.350 e. The molecule has 0 unspecified atom stereocenters. The average molecular weight is 428 g/mol. The predicted octanol–water partition coefficient (Wildman–Crippen LogP) is 5.98. The highest BCUT2D eigenvalue weighted by molar-refractivity contribution is 5.86. The van der Waals surface area contributed by atoms with Crippen molar-refractivity contribution in [3.8, 4) is 0 Å². The third-order valence-electron chi connectivity index (χ3n) is 6.43. The summed E-state index contributed by atoms with van der Waals surface area (Å²) < 4.78 is 42.2. The maximum Gasteiger partial charge on any atom is 0.416 e. The monoisotopic (exact) mass is 428 g/mol. The second-order valence-corrected chi connectivity index (χ2v) is 8.66. The fourth-order valence-corrected chi connectivity index (χ4v) is 4.55. The van der Waals surface area contributed by atoms with Gasteiger partial charge in [0.25, 0.3) is 0 Å². The first-order valence-corrected chi connectivity index (χ1v) is 10.7. The first kappa shape index (κ1) is 21.5. The number of hydrogen-bond donors (Lipinski definition) is 0. The van der Waals surface area contributed by atoms with Crippen LogP contribution < -0.4 is 0 Å². The molecule has 1 amide bonds. The maximum absolute atomic E-state index is 13.4. The second kappa shape index (κ2) is 8.40. The van der Waals surface area contributed by atoms with Gasteiger partial charge in [0.1, 0.15) is 0 Å². The number of fused-ring (bicyclic) bond motifs is 1. The Morgan fingerprint density at radius 1 is 1.10 bits per heavy atom. The Labute approximate surface area is 180 Å². The van der Waals surface area contributed by atoms with Gasteiger partial charge in [-0.05, 0) is 42.0 Å². The molecule has 31 heavy (non-hydrogen) atoms. The molecule has 2 aromatic carbocycles. The lowest BCUT2D eigenvalue weighted by Crippen LogP contribution is -2.38. The van der Waals surface area contributed by atoms with Crippen LogP contribution in [0.1, 0.15) is 48.8 Å². The zero-order valence-electron chi connectivity index (χ0n) is 17.8. The van der Waals surface area contributed by atoms with Crippen LogP contribution in [-0.2, 0) is 18.0 Å². The molecule has 1 saturated heterocycles. The summed E-state index contributed by atoms with van der Waals surface area (Å²) in [5.74, 6) is 0.156. The van der Waals surface area contributed by atoms with E-state index in [9.17, 15) is 18.0 Å². The van der Waals surface area contributed by atoms with E-state index in [2.05, 4.69) is 6.92 Å². The Kier molecular flexibility index (Phi) is 5.82. The fraction of sp³-hybridized carbons (Fsp3) is 0.400. The summed E-state index contributed by atoms with van der Waals surface area (Å²) in [6.45, 7) is 3.61. The zero-order valence-corrected chi connectivity index (χ0v) is 17.8. The van der Waals surface area contributed by atoms with E-state index in [0.717, 1.165) is 35.4 Å². The molecule has 6 heteroatoms. The van der Waals surface area contributed by atoms with Crippen molar-refractivity contribution >= 4 is 16.8 Å². The quantitative estimate of drug-likeness (QED) is 0.502. The number of alkyl halides is 3. The van der Waals surface area contributed by atoms with Crippen LogP contribution in [0.2, 0.25) is 0 Å². The van der Waals surface area contributed by atoms with E-state index < -0.39 is 17.7 Å². The molecule has 4 rings (SSSR count). The fourth-order valence-electron chi connectivity index (χ4n) is 4.55. The summed E-state index contributed by atoms with van der Waals surface area (Å²) >= 11 is 0. The molecule has 3 aromatic rings. The van der Waals surface area contributed by atoms with E-state index in [4.69, 9.17) is 0 Å². The third kappa shape index (κ3) is 4.48. The Bertz CT molecular complexity index is 1080. The van der Waals surface area contributed by atoms with Crippen molar-refractivity contribution in [1.82, 2.24) is 9.47 Å². The number of carbonyl (C=O) groups is 1. The van der Waals surface area contributed by atoms with Gasteiger partial charge in [-0.2, -0.15) is 13.2 Å². The van der Waals surface area contributed by atoms with Gasteiger partial charge in [0.2, 0.25) is 5.91 Å². The van der Waals surface area contributed by atoms with Crippen molar-refractivity contribution in [1.29, 1.82) is 0 Å². The van der Waals surface area contributed by atoms with Crippen LogP contribution >= 0.6 is 0 Å². The van der Waals surface area contributed by atoms with E-state index >= 15 is 0 Å². The Hall–Kier alpha value is -2.76. The molecule has 3 nitrogen and oxygen atoms in total. The van der Waals surface area contributed by atoms with Gasteiger partial charge < -0.3 is 9.47 Å². The van der Waals surface area contributed by atoms with E-state index in [1.807, 2.05) is 47.0 Å². The summed E-state index contributed by atoms with van der Waals surface area (Å²) in [7, 11) is 1.92. The number of hydrogen-bond acceptors (Lipinski definition) is 1. The van der Waals surface area contributed by atoms with Gasteiger partial charge in [-0.3, -0.25) is 4.79 Å². The van der Waals surface area contributed by atoms with Crippen LogP contribution in [0, 0.1) is 5.92 Å². The van der Waals surface area contributed by atoms with Gasteiger partial charge >= 0.3 is 6.18 Å². The number of benzene rings is 2. The molecular formula is C25H27F3N2O. The molecule has 0 radical (unpaired) electrons. The molecule has 1 aliphatic heterocycles. The van der Waals surface area contributed by atoms with E-state index in [0.29, 0.717) is 24.6 Å². The molecule has 0 saturated carbocycles. The number of halogens is 3. The van der Waals surface area contributed by atoms with E-state index in [-0.39, 0.29) is 12.3 Å². The minimum Gasteiger partial charge on any atom is -0.350 e. The van der Waals surface area contributed by atoms with Crippen molar-refractivity contribution < 1.29 is 18.0 Å². The lowest BCUT2D eigenvalue weighted by atomic mass is 9.86. The van der Waals surface area contributed by atoms with Crippen molar-refractivity contribution in [2.45, 2.75) is 38.3 Å². The predicted molar refractivity (Wildman–Crippen MR) is 116 cm³/mol. The summed E-state index contributed by atoms with van der Waals surface area (Å²) in [4.78, 5) is 15.1. The van der Waals surface area contributed by atoms with Gasteiger partial charge in [-0.15, -0.1) is 0 Å². The van der Waals surface area contributed by atoms with Crippen LogP contribution in [0.5, 0.6) is 0 Å². The van der Waals surface area contributed by atoms with Crippen molar-refractivity contribution in [3.63, 3.8) is 0 Å². The Balaban J connectivity index is 1.75. The number of amides is 1. The van der Waals surface area contributed by atoms with Crippen LogP contribution in [0.4, 0.5) is 13.2 Å². The molecule has 1 fully saturated rings. The molecule has 0 spiro atoms. The van der Waals surface area contributed by atoms with Crippen LogP contribution in [0.25, 0.3) is 10.9 Å². The zero-order chi connectivity index (χ0) is 22.2. The summed E-state index contributed by atoms with van der Waals surface area (Å²) in [5.41, 5.74) is 1.71. The minimum absolute atomic E-state index is 0.00208. The highest BCUT2D eigenvalue weighted by Crippen LogP contribution is 2.38. The Morgan fingerprint density at radius 3 is 2.52 bits per heavy atom. The molecule has 0 N–H and O–H groups in total. The van der Waals surface area contributed by atoms with Gasteiger partial charge in [0.15, 0.2) is 0 Å². The number of aromatic nitrogens is 1. The third-order valence-corrected chi connectivity index (χ3v) is 6.43. The van der Waals surface area contributed by atoms with Gasteiger partial charge in [-0.25, -0.2) is 0 Å². The van der Waals surface area contributed by atoms with Gasteiger partial charge in [0, 0.05) is 49.6 Å². The van der Waals surface area contributed by atoms with Crippen LogP contribution in [0.15, 0.2) is 54.7 Å². The number of nitrogens with zero attached hydrogens (tertiary/aromatic N) is 2. The number of para-hydroxylation sites is 1. The van der Waals surface area contributed by atoms with Crippen LogP contribution in [0.3, 0.4) is 0 Å². The number of aryl methyl sites for hydroxylation is 1. The number of rotatable bonds is 4. The molecule has 164 valence electrons. The summed E-state index contributed by atoms with van der Waals surface area (Å²) in [6.07, 6.45) is -0.389. The first-order valence-electron chi connectivity index (χ1n) is 10.7. The highest BCUT2D eigenvalue weighted by atomic mass is 19.4. The average Bonchev–Trinajstić information content (AvgIpc) is 3.08. The normalized spacial score (nSPS) is 16.6. The Morgan fingerprint density at radius 2 is 1.81 bits per heavy atom. The van der Waals surface area contributed by atoms with E-state index in [1.165, 1.54) is 12.1 Å². The van der Waals surface area contributed by atoms with Crippen molar-refractivity contribution in [2.75, 3.05) is 13.1 Å². The maximum atomic E-state index is 13.4. The molecule has 2 heterocycles. The standard InChI is InChI=1S/C25H27F3N2O/c1-17-10-12-30(13-11-17)24(31)15-21(18-6-5-7-19(14-18)25(26,27)28)22-16-29(2)23-9-4-3-8-20(22)23/h3-9,14,16-17,21H,10-13,15H2,1-2H3/t21-/m1/s1. The van der Waals surface area contributed by atoms with Gasteiger partial charge in [0.05, 0.1) is 5.56 Å². The minimum atomic E-state index is -4.42. The molecule has 0 bridgehead atoms. The molecule has 1 atom stereocenters. The lowest BCUT2D eigenvalue weighted by molar-refractivity contribution is -0.137. The molecule has 1 aromatic heterocycles. The van der Waals surface area contributed by atoms with Gasteiger partial charge in [-0.1, -0.05) is 43.3 Å². The number of carbonyl (C=O) groups excluding carboxylic acids is 1. The van der Waals surface area contributed by atoms with Crippen LogP contribution in [-0.4, -0.2) is 28.5 Å². The summed E-state index contributed by atoms with van der Waals surface area (Å²) in [6, 6.07) is 13.2. The largest absolute Gasteiger partial charge is 0.416 e. The van der Waals surface area contributed by atoms with Crippen molar-refractivity contribution in [2.24, 2.45) is 13.0 Å². The lowest BCUT2D eigenvalue weighted by Gasteiger charge is -2.31.